The van der Waals surface area contributed by atoms with E-state index in [4.69, 9.17) is 10.5 Å². The number of hydrogen-bond acceptors (Lipinski definition) is 7. The molecule has 1 aliphatic heterocycles. The number of ether oxygens (including phenoxy) is 1. The SMILES string of the molecule is Nc1nc(-c2ccc(CNC(=O)COc3cccc(CN4CCCCC4)c3)s2)cs1. The number of aromatic nitrogens is 1. The van der Waals surface area contributed by atoms with Crippen LogP contribution >= 0.6 is 22.7 Å². The molecule has 0 aliphatic carbocycles. The maximum atomic E-state index is 12.2. The van der Waals surface area contributed by atoms with Crippen molar-refractivity contribution in [3.63, 3.8) is 0 Å². The van der Waals surface area contributed by atoms with Crippen molar-refractivity contribution in [1.82, 2.24) is 15.2 Å². The number of piperidine rings is 1. The fourth-order valence-electron chi connectivity index (χ4n) is 3.51. The number of anilines is 1. The van der Waals surface area contributed by atoms with E-state index in [1.165, 1.54) is 36.2 Å². The molecule has 4 rings (SSSR count). The first-order valence-electron chi connectivity index (χ1n) is 10.2. The number of carbonyl (C=O) groups excluding carboxylic acids is 1. The molecule has 8 heteroatoms. The predicted octanol–water partition coefficient (Wildman–Crippen LogP) is 4.13. The van der Waals surface area contributed by atoms with Gasteiger partial charge in [-0.05, 0) is 55.8 Å². The summed E-state index contributed by atoms with van der Waals surface area (Å²) in [5, 5.41) is 5.42. The van der Waals surface area contributed by atoms with Crippen LogP contribution in [0.2, 0.25) is 0 Å². The van der Waals surface area contributed by atoms with E-state index < -0.39 is 0 Å². The Morgan fingerprint density at radius 3 is 2.87 bits per heavy atom. The van der Waals surface area contributed by atoms with Gasteiger partial charge in [-0.15, -0.1) is 22.7 Å². The molecule has 30 heavy (non-hydrogen) atoms. The molecule has 0 bridgehead atoms. The third kappa shape index (κ3) is 5.81. The average Bonchev–Trinajstić information content (AvgIpc) is 3.41. The van der Waals surface area contributed by atoms with Crippen LogP contribution in [-0.2, 0) is 17.9 Å². The van der Waals surface area contributed by atoms with Gasteiger partial charge in [-0.3, -0.25) is 9.69 Å². The molecular weight excluding hydrogens is 416 g/mol. The number of carbonyl (C=O) groups is 1. The standard InChI is InChI=1S/C22H26N4O2S2/c23-22-25-19(15-29-22)20-8-7-18(30-20)12-24-21(27)14-28-17-6-4-5-16(11-17)13-26-9-2-1-3-10-26/h4-8,11,15H,1-3,9-10,12-14H2,(H2,23,25)(H,24,27). The summed E-state index contributed by atoms with van der Waals surface area (Å²) < 4.78 is 5.71. The van der Waals surface area contributed by atoms with Crippen LogP contribution < -0.4 is 15.8 Å². The Morgan fingerprint density at radius 1 is 1.20 bits per heavy atom. The lowest BCUT2D eigenvalue weighted by Gasteiger charge is -2.26. The zero-order valence-corrected chi connectivity index (χ0v) is 18.4. The van der Waals surface area contributed by atoms with Crippen LogP contribution in [0.1, 0.15) is 29.7 Å². The van der Waals surface area contributed by atoms with Crippen LogP contribution in [0.3, 0.4) is 0 Å². The first-order valence-corrected chi connectivity index (χ1v) is 11.9. The van der Waals surface area contributed by atoms with Gasteiger partial charge in [0.15, 0.2) is 11.7 Å². The van der Waals surface area contributed by atoms with Crippen molar-refractivity contribution in [2.75, 3.05) is 25.4 Å². The summed E-state index contributed by atoms with van der Waals surface area (Å²) in [7, 11) is 0. The van der Waals surface area contributed by atoms with E-state index in [2.05, 4.69) is 21.3 Å². The highest BCUT2D eigenvalue weighted by Gasteiger charge is 2.11. The number of thiazole rings is 1. The number of likely N-dealkylation sites (tertiary alicyclic amines) is 1. The van der Waals surface area contributed by atoms with Gasteiger partial charge in [0.05, 0.1) is 17.1 Å². The zero-order chi connectivity index (χ0) is 20.8. The zero-order valence-electron chi connectivity index (χ0n) is 16.8. The third-order valence-corrected chi connectivity index (χ3v) is 6.80. The topological polar surface area (TPSA) is 80.5 Å². The lowest BCUT2D eigenvalue weighted by atomic mass is 10.1. The number of nitrogens with zero attached hydrogens (tertiary/aromatic N) is 2. The molecule has 1 saturated heterocycles. The third-order valence-electron chi connectivity index (χ3n) is 5.02. The minimum absolute atomic E-state index is 0.00796. The molecule has 1 fully saturated rings. The van der Waals surface area contributed by atoms with Gasteiger partial charge in [0.1, 0.15) is 5.75 Å². The quantitative estimate of drug-likeness (QED) is 0.548. The maximum absolute atomic E-state index is 12.2. The van der Waals surface area contributed by atoms with Crippen molar-refractivity contribution in [1.29, 1.82) is 0 Å². The van der Waals surface area contributed by atoms with E-state index in [-0.39, 0.29) is 12.5 Å². The number of nitrogens with one attached hydrogen (secondary N) is 1. The molecule has 3 aromatic rings. The first kappa shape index (κ1) is 20.8. The molecular formula is C22H26N4O2S2. The molecule has 1 aromatic carbocycles. The van der Waals surface area contributed by atoms with Gasteiger partial charge in [-0.25, -0.2) is 4.98 Å². The first-order chi connectivity index (χ1) is 14.7. The largest absolute Gasteiger partial charge is 0.484 e. The molecule has 0 atom stereocenters. The summed E-state index contributed by atoms with van der Waals surface area (Å²) in [6.45, 7) is 3.74. The highest BCUT2D eigenvalue weighted by molar-refractivity contribution is 7.16. The van der Waals surface area contributed by atoms with Crippen LogP contribution in [0.15, 0.2) is 41.8 Å². The molecule has 0 radical (unpaired) electrons. The normalized spacial score (nSPS) is 14.5. The molecule has 0 spiro atoms. The Kier molecular flexibility index (Phi) is 6.99. The molecule has 6 nitrogen and oxygen atoms in total. The number of benzene rings is 1. The molecule has 0 saturated carbocycles. The Balaban J connectivity index is 1.23. The Bertz CT molecular complexity index is 979. The minimum Gasteiger partial charge on any atom is -0.484 e. The number of nitrogens with two attached hydrogens (primary N) is 1. The van der Waals surface area contributed by atoms with Crippen LogP contribution in [0, 0.1) is 0 Å². The summed E-state index contributed by atoms with van der Waals surface area (Å²) >= 11 is 3.03. The minimum atomic E-state index is -0.135. The summed E-state index contributed by atoms with van der Waals surface area (Å²) in [5.41, 5.74) is 7.81. The summed E-state index contributed by atoms with van der Waals surface area (Å²) in [6, 6.07) is 12.0. The number of nitrogen functional groups attached to an aromatic ring is 1. The second-order valence-corrected chi connectivity index (χ2v) is 9.44. The van der Waals surface area contributed by atoms with Crippen molar-refractivity contribution >= 4 is 33.7 Å². The molecule has 0 unspecified atom stereocenters. The number of amides is 1. The van der Waals surface area contributed by atoms with Crippen molar-refractivity contribution in [3.8, 4) is 16.3 Å². The van der Waals surface area contributed by atoms with Gasteiger partial charge >= 0.3 is 0 Å². The molecule has 158 valence electrons. The van der Waals surface area contributed by atoms with E-state index in [1.54, 1.807) is 11.3 Å². The lowest BCUT2D eigenvalue weighted by Crippen LogP contribution is -2.29. The van der Waals surface area contributed by atoms with E-state index in [9.17, 15) is 4.79 Å². The summed E-state index contributed by atoms with van der Waals surface area (Å²) in [4.78, 5) is 21.1. The van der Waals surface area contributed by atoms with E-state index in [0.29, 0.717) is 11.7 Å². The van der Waals surface area contributed by atoms with E-state index >= 15 is 0 Å². The predicted molar refractivity (Wildman–Crippen MR) is 123 cm³/mol. The van der Waals surface area contributed by atoms with Gasteiger partial charge in [0.25, 0.3) is 5.91 Å². The second kappa shape index (κ2) is 10.1. The van der Waals surface area contributed by atoms with Crippen molar-refractivity contribution < 1.29 is 9.53 Å². The maximum Gasteiger partial charge on any atom is 0.258 e. The Morgan fingerprint density at radius 2 is 2.07 bits per heavy atom. The van der Waals surface area contributed by atoms with Crippen LogP contribution in [-0.4, -0.2) is 35.5 Å². The Labute approximate surface area is 184 Å². The highest BCUT2D eigenvalue weighted by Crippen LogP contribution is 2.29. The van der Waals surface area contributed by atoms with Gasteiger partial charge < -0.3 is 15.8 Å². The van der Waals surface area contributed by atoms with Crippen molar-refractivity contribution in [2.45, 2.75) is 32.4 Å². The number of rotatable bonds is 8. The van der Waals surface area contributed by atoms with Crippen LogP contribution in [0.5, 0.6) is 5.75 Å². The van der Waals surface area contributed by atoms with Gasteiger partial charge in [-0.1, -0.05) is 18.6 Å². The molecule has 1 aliphatic rings. The van der Waals surface area contributed by atoms with Gasteiger partial charge in [0.2, 0.25) is 0 Å². The molecule has 1 amide bonds. The fourth-order valence-corrected chi connectivity index (χ4v) is 5.05. The fraction of sp³-hybridized carbons (Fsp3) is 0.364. The van der Waals surface area contributed by atoms with Crippen LogP contribution in [0.25, 0.3) is 10.6 Å². The molecule has 3 N–H and O–H groups in total. The van der Waals surface area contributed by atoms with Crippen LogP contribution in [0.4, 0.5) is 5.13 Å². The van der Waals surface area contributed by atoms with E-state index in [1.807, 2.05) is 35.7 Å². The average molecular weight is 443 g/mol. The summed E-state index contributed by atoms with van der Waals surface area (Å²) in [5.74, 6) is 0.600. The Hall–Kier alpha value is -2.42. The molecule has 2 aromatic heterocycles. The van der Waals surface area contributed by atoms with Crippen molar-refractivity contribution in [2.24, 2.45) is 0 Å². The molecule has 3 heterocycles. The van der Waals surface area contributed by atoms with Crippen molar-refractivity contribution in [3.05, 3.63) is 52.2 Å². The van der Waals surface area contributed by atoms with Gasteiger partial charge in [-0.2, -0.15) is 0 Å². The lowest BCUT2D eigenvalue weighted by molar-refractivity contribution is -0.123. The summed E-state index contributed by atoms with van der Waals surface area (Å²) in [6.07, 6.45) is 3.89. The van der Waals surface area contributed by atoms with E-state index in [0.717, 1.165) is 40.8 Å². The highest BCUT2D eigenvalue weighted by atomic mass is 32.1. The smallest absolute Gasteiger partial charge is 0.258 e. The van der Waals surface area contributed by atoms with Gasteiger partial charge in [0, 0.05) is 16.8 Å². The second-order valence-electron chi connectivity index (χ2n) is 7.39. The number of thiophene rings is 1. The number of hydrogen-bond donors (Lipinski definition) is 2. The monoisotopic (exact) mass is 442 g/mol.